The van der Waals surface area contributed by atoms with E-state index in [9.17, 15) is 0 Å². The van der Waals surface area contributed by atoms with Gasteiger partial charge in [0, 0.05) is 5.75 Å². The summed E-state index contributed by atoms with van der Waals surface area (Å²) in [7, 11) is 1.63. The second kappa shape index (κ2) is 6.99. The second-order valence-corrected chi connectivity index (χ2v) is 5.71. The van der Waals surface area contributed by atoms with Crippen molar-refractivity contribution >= 4 is 11.8 Å². The number of rotatable bonds is 5. The number of methoxy groups -OCH3 is 1. The largest absolute Gasteiger partial charge is 0.496 e. The van der Waals surface area contributed by atoms with Crippen LogP contribution in [0.4, 0.5) is 0 Å². The Balaban J connectivity index is 1.71. The molecule has 0 bridgehead atoms. The molecule has 0 saturated heterocycles. The third kappa shape index (κ3) is 3.52. The molecule has 0 saturated carbocycles. The molecule has 6 heteroatoms. The van der Waals surface area contributed by atoms with Crippen molar-refractivity contribution in [1.82, 2.24) is 15.2 Å². The Morgan fingerprint density at radius 3 is 2.70 bits per heavy atom. The van der Waals surface area contributed by atoms with Gasteiger partial charge in [0.2, 0.25) is 5.16 Å². The van der Waals surface area contributed by atoms with Crippen molar-refractivity contribution in [3.8, 4) is 23.2 Å². The zero-order valence-electron chi connectivity index (χ0n) is 12.5. The van der Waals surface area contributed by atoms with Crippen LogP contribution in [0, 0.1) is 11.3 Å². The fraction of sp³-hybridized carbons (Fsp3) is 0.118. The van der Waals surface area contributed by atoms with Gasteiger partial charge in [0.25, 0.3) is 0 Å². The van der Waals surface area contributed by atoms with E-state index in [1.165, 1.54) is 11.8 Å². The fourth-order valence-electron chi connectivity index (χ4n) is 2.10. The van der Waals surface area contributed by atoms with Crippen LogP contribution in [0.15, 0.2) is 53.7 Å². The Bertz CT molecular complexity index is 836. The molecule has 2 aromatic carbocycles. The van der Waals surface area contributed by atoms with Crippen LogP contribution in [0.5, 0.6) is 5.75 Å². The highest BCUT2D eigenvalue weighted by molar-refractivity contribution is 7.98. The van der Waals surface area contributed by atoms with E-state index in [4.69, 9.17) is 10.00 Å². The van der Waals surface area contributed by atoms with Crippen LogP contribution in [0.2, 0.25) is 0 Å². The van der Waals surface area contributed by atoms with E-state index >= 15 is 0 Å². The minimum Gasteiger partial charge on any atom is -0.496 e. The zero-order valence-corrected chi connectivity index (χ0v) is 13.3. The van der Waals surface area contributed by atoms with E-state index in [-0.39, 0.29) is 0 Å². The minimum atomic E-state index is 0.662. The lowest BCUT2D eigenvalue weighted by Gasteiger charge is -2.04. The lowest BCUT2D eigenvalue weighted by molar-refractivity contribution is 0.416. The van der Waals surface area contributed by atoms with Gasteiger partial charge in [-0.2, -0.15) is 5.26 Å². The third-order valence-electron chi connectivity index (χ3n) is 3.28. The molecule has 3 aromatic rings. The quantitative estimate of drug-likeness (QED) is 0.726. The average Bonchev–Trinajstić information content (AvgIpc) is 3.09. The van der Waals surface area contributed by atoms with Gasteiger partial charge in [0.1, 0.15) is 5.75 Å². The highest BCUT2D eigenvalue weighted by Crippen LogP contribution is 2.28. The molecule has 0 spiro atoms. The number of nitriles is 1. The number of aromatic nitrogens is 3. The molecule has 0 atom stereocenters. The van der Waals surface area contributed by atoms with Gasteiger partial charge in [0.05, 0.1) is 24.3 Å². The molecule has 0 amide bonds. The van der Waals surface area contributed by atoms with E-state index in [1.807, 2.05) is 48.5 Å². The van der Waals surface area contributed by atoms with Gasteiger partial charge in [-0.25, -0.2) is 4.98 Å². The predicted molar refractivity (Wildman–Crippen MR) is 89.1 cm³/mol. The summed E-state index contributed by atoms with van der Waals surface area (Å²) in [5.41, 5.74) is 2.67. The number of ether oxygens (including phenoxy) is 1. The first kappa shape index (κ1) is 15.1. The number of nitrogens with zero attached hydrogens (tertiary/aromatic N) is 3. The second-order valence-electron chi connectivity index (χ2n) is 4.76. The summed E-state index contributed by atoms with van der Waals surface area (Å²) < 4.78 is 5.34. The number of thioether (sulfide) groups is 1. The van der Waals surface area contributed by atoms with Crippen LogP contribution >= 0.6 is 11.8 Å². The smallest absolute Gasteiger partial charge is 0.209 e. The molecule has 1 N–H and O–H groups in total. The molecule has 114 valence electrons. The van der Waals surface area contributed by atoms with Crippen LogP contribution in [-0.4, -0.2) is 22.3 Å². The third-order valence-corrected chi connectivity index (χ3v) is 4.20. The Kier molecular flexibility index (Phi) is 4.60. The maximum atomic E-state index is 8.80. The molecule has 0 aliphatic heterocycles. The Morgan fingerprint density at radius 2 is 1.96 bits per heavy atom. The van der Waals surface area contributed by atoms with E-state index in [0.717, 1.165) is 22.6 Å². The SMILES string of the molecule is COc1ccccc1-c1nc(SCc2ccc(C#N)cc2)n[nH]1. The first-order chi connectivity index (χ1) is 11.3. The Morgan fingerprint density at radius 1 is 1.17 bits per heavy atom. The standard InChI is InChI=1S/C17H14N4OS/c1-22-15-5-3-2-4-14(15)16-19-17(21-20-16)23-11-13-8-6-12(10-18)7-9-13/h2-9H,11H2,1H3,(H,19,20,21). The number of benzene rings is 2. The summed E-state index contributed by atoms with van der Waals surface area (Å²) in [5.74, 6) is 2.19. The van der Waals surface area contributed by atoms with E-state index in [1.54, 1.807) is 7.11 Å². The van der Waals surface area contributed by atoms with Crippen LogP contribution in [0.1, 0.15) is 11.1 Å². The molecule has 1 aromatic heterocycles. The van der Waals surface area contributed by atoms with Gasteiger partial charge in [-0.05, 0) is 29.8 Å². The Hall–Kier alpha value is -2.78. The van der Waals surface area contributed by atoms with Gasteiger partial charge < -0.3 is 4.74 Å². The van der Waals surface area contributed by atoms with E-state index in [0.29, 0.717) is 16.5 Å². The van der Waals surface area contributed by atoms with Gasteiger partial charge >= 0.3 is 0 Å². The number of H-pyrrole nitrogens is 1. The average molecular weight is 322 g/mol. The summed E-state index contributed by atoms with van der Waals surface area (Å²) in [6.45, 7) is 0. The van der Waals surface area contributed by atoms with E-state index in [2.05, 4.69) is 21.3 Å². The maximum absolute atomic E-state index is 8.80. The highest BCUT2D eigenvalue weighted by atomic mass is 32.2. The van der Waals surface area contributed by atoms with Crippen molar-refractivity contribution in [3.63, 3.8) is 0 Å². The minimum absolute atomic E-state index is 0.662. The predicted octanol–water partition coefficient (Wildman–Crippen LogP) is 3.64. The molecule has 0 unspecified atom stereocenters. The van der Waals surface area contributed by atoms with E-state index < -0.39 is 0 Å². The number of hydrogen-bond donors (Lipinski definition) is 1. The first-order valence-corrected chi connectivity index (χ1v) is 7.96. The van der Waals surface area contributed by atoms with Crippen molar-refractivity contribution in [2.24, 2.45) is 0 Å². The fourth-order valence-corrected chi connectivity index (χ4v) is 2.85. The lowest BCUT2D eigenvalue weighted by atomic mass is 10.2. The first-order valence-electron chi connectivity index (χ1n) is 6.98. The van der Waals surface area contributed by atoms with Crippen LogP contribution in [0.3, 0.4) is 0 Å². The van der Waals surface area contributed by atoms with Crippen LogP contribution < -0.4 is 4.74 Å². The van der Waals surface area contributed by atoms with Crippen molar-refractivity contribution in [2.45, 2.75) is 10.9 Å². The highest BCUT2D eigenvalue weighted by Gasteiger charge is 2.10. The van der Waals surface area contributed by atoms with Crippen LogP contribution in [-0.2, 0) is 5.75 Å². The summed E-state index contributed by atoms with van der Waals surface area (Å²) in [5, 5.41) is 16.7. The summed E-state index contributed by atoms with van der Waals surface area (Å²) >= 11 is 1.54. The molecule has 0 fully saturated rings. The summed E-state index contributed by atoms with van der Waals surface area (Å²) in [6, 6.07) is 17.3. The molecule has 0 radical (unpaired) electrons. The van der Waals surface area contributed by atoms with Gasteiger partial charge in [-0.3, -0.25) is 5.10 Å². The maximum Gasteiger partial charge on any atom is 0.209 e. The molecule has 23 heavy (non-hydrogen) atoms. The summed E-state index contributed by atoms with van der Waals surface area (Å²) in [4.78, 5) is 4.50. The molecular weight excluding hydrogens is 308 g/mol. The van der Waals surface area contributed by atoms with Crippen molar-refractivity contribution < 1.29 is 4.74 Å². The lowest BCUT2D eigenvalue weighted by Crippen LogP contribution is -1.88. The van der Waals surface area contributed by atoms with Gasteiger partial charge in [0.15, 0.2) is 5.82 Å². The number of aromatic amines is 1. The number of hydrogen-bond acceptors (Lipinski definition) is 5. The van der Waals surface area contributed by atoms with Gasteiger partial charge in [-0.1, -0.05) is 36.0 Å². The van der Waals surface area contributed by atoms with Crippen molar-refractivity contribution in [2.75, 3.05) is 7.11 Å². The number of para-hydroxylation sites is 1. The Labute approximate surface area is 138 Å². The zero-order chi connectivity index (χ0) is 16.1. The molecule has 0 aliphatic carbocycles. The molecule has 3 rings (SSSR count). The molecule has 0 aliphatic rings. The molecular formula is C17H14N4OS. The monoisotopic (exact) mass is 322 g/mol. The van der Waals surface area contributed by atoms with Crippen molar-refractivity contribution in [3.05, 3.63) is 59.7 Å². The van der Waals surface area contributed by atoms with Crippen LogP contribution in [0.25, 0.3) is 11.4 Å². The van der Waals surface area contributed by atoms with Crippen molar-refractivity contribution in [1.29, 1.82) is 5.26 Å². The normalized spacial score (nSPS) is 10.3. The van der Waals surface area contributed by atoms with Gasteiger partial charge in [-0.15, -0.1) is 5.10 Å². The topological polar surface area (TPSA) is 74.6 Å². The number of nitrogens with one attached hydrogen (secondary N) is 1. The summed E-state index contributed by atoms with van der Waals surface area (Å²) in [6.07, 6.45) is 0. The molecule has 5 nitrogen and oxygen atoms in total. The molecule has 1 heterocycles.